The van der Waals surface area contributed by atoms with Gasteiger partial charge in [-0.2, -0.15) is 0 Å². The van der Waals surface area contributed by atoms with Crippen molar-refractivity contribution in [2.75, 3.05) is 0 Å². The summed E-state index contributed by atoms with van der Waals surface area (Å²) >= 11 is 0. The second kappa shape index (κ2) is 6.04. The van der Waals surface area contributed by atoms with Crippen LogP contribution in [-0.2, 0) is 6.54 Å². The first-order valence-electron chi connectivity index (χ1n) is 7.60. The standard InChI is InChI=1S/C19H14N4O/c24-19-17-8-15(16-9-20-12-21-10-16)6-7-18(17)22-13-23(19)11-14-4-2-1-3-5-14/h1-10,12-13H,11H2. The van der Waals surface area contributed by atoms with Gasteiger partial charge in [-0.15, -0.1) is 0 Å². The molecule has 0 bridgehead atoms. The predicted molar refractivity (Wildman–Crippen MR) is 92.6 cm³/mol. The van der Waals surface area contributed by atoms with Crippen LogP contribution in [0.4, 0.5) is 0 Å². The largest absolute Gasteiger partial charge is 0.294 e. The van der Waals surface area contributed by atoms with Crippen molar-refractivity contribution in [2.45, 2.75) is 6.54 Å². The normalized spacial score (nSPS) is 10.8. The van der Waals surface area contributed by atoms with Gasteiger partial charge in [0.1, 0.15) is 6.33 Å². The first-order chi connectivity index (χ1) is 11.8. The van der Waals surface area contributed by atoms with Gasteiger partial charge in [0.25, 0.3) is 5.56 Å². The molecule has 2 aromatic heterocycles. The molecule has 5 heteroatoms. The third kappa shape index (κ3) is 2.67. The van der Waals surface area contributed by atoms with Crippen LogP contribution in [0.5, 0.6) is 0 Å². The van der Waals surface area contributed by atoms with E-state index in [1.807, 2.05) is 48.5 Å². The lowest BCUT2D eigenvalue weighted by Gasteiger charge is -2.08. The number of nitrogens with zero attached hydrogens (tertiary/aromatic N) is 4. The van der Waals surface area contributed by atoms with Crippen molar-refractivity contribution in [1.29, 1.82) is 0 Å². The molecule has 0 saturated heterocycles. The molecule has 5 nitrogen and oxygen atoms in total. The molecular weight excluding hydrogens is 300 g/mol. The van der Waals surface area contributed by atoms with E-state index in [-0.39, 0.29) is 5.56 Å². The maximum atomic E-state index is 12.8. The van der Waals surface area contributed by atoms with Crippen molar-refractivity contribution in [3.05, 3.63) is 89.5 Å². The number of hydrogen-bond acceptors (Lipinski definition) is 4. The maximum Gasteiger partial charge on any atom is 0.261 e. The summed E-state index contributed by atoms with van der Waals surface area (Å²) in [6.07, 6.45) is 6.54. The molecule has 0 N–H and O–H groups in total. The van der Waals surface area contributed by atoms with Gasteiger partial charge in [-0.25, -0.2) is 15.0 Å². The van der Waals surface area contributed by atoms with Gasteiger partial charge in [0, 0.05) is 18.0 Å². The highest BCUT2D eigenvalue weighted by molar-refractivity contribution is 5.83. The van der Waals surface area contributed by atoms with E-state index in [1.54, 1.807) is 23.3 Å². The smallest absolute Gasteiger partial charge is 0.261 e. The summed E-state index contributed by atoms with van der Waals surface area (Å²) in [5.41, 5.74) is 3.47. The molecule has 0 atom stereocenters. The Labute approximate surface area is 138 Å². The molecule has 0 amide bonds. The van der Waals surface area contributed by atoms with Crippen LogP contribution in [0.2, 0.25) is 0 Å². The molecule has 2 heterocycles. The monoisotopic (exact) mass is 314 g/mol. The average molecular weight is 314 g/mol. The zero-order valence-corrected chi connectivity index (χ0v) is 12.8. The highest BCUT2D eigenvalue weighted by atomic mass is 16.1. The van der Waals surface area contributed by atoms with E-state index >= 15 is 0 Å². The number of fused-ring (bicyclic) bond motifs is 1. The van der Waals surface area contributed by atoms with Gasteiger partial charge in [0.15, 0.2) is 0 Å². The Bertz CT molecular complexity index is 1040. The fourth-order valence-corrected chi connectivity index (χ4v) is 2.68. The highest BCUT2D eigenvalue weighted by Gasteiger charge is 2.07. The number of aromatic nitrogens is 4. The summed E-state index contributed by atoms with van der Waals surface area (Å²) in [4.78, 5) is 25.3. The van der Waals surface area contributed by atoms with Crippen LogP contribution in [0.1, 0.15) is 5.56 Å². The second-order valence-electron chi connectivity index (χ2n) is 5.52. The van der Waals surface area contributed by atoms with E-state index in [0.717, 1.165) is 16.7 Å². The van der Waals surface area contributed by atoms with Crippen molar-refractivity contribution in [3.63, 3.8) is 0 Å². The molecule has 0 radical (unpaired) electrons. The molecule has 4 rings (SSSR count). The molecule has 116 valence electrons. The second-order valence-corrected chi connectivity index (χ2v) is 5.52. The first kappa shape index (κ1) is 14.3. The average Bonchev–Trinajstić information content (AvgIpc) is 2.65. The Hall–Kier alpha value is -3.34. The number of hydrogen-bond donors (Lipinski definition) is 0. The number of rotatable bonds is 3. The Kier molecular flexibility index (Phi) is 3.59. The van der Waals surface area contributed by atoms with Gasteiger partial charge < -0.3 is 0 Å². The van der Waals surface area contributed by atoms with Gasteiger partial charge in [-0.1, -0.05) is 36.4 Å². The lowest BCUT2D eigenvalue weighted by molar-refractivity contribution is 0.748. The summed E-state index contributed by atoms with van der Waals surface area (Å²) in [7, 11) is 0. The fourth-order valence-electron chi connectivity index (χ4n) is 2.68. The predicted octanol–water partition coefficient (Wildman–Crippen LogP) is 2.90. The lowest BCUT2D eigenvalue weighted by Crippen LogP contribution is -2.21. The summed E-state index contributed by atoms with van der Waals surface area (Å²) in [5, 5.41) is 0.592. The molecule has 2 aromatic carbocycles. The highest BCUT2D eigenvalue weighted by Crippen LogP contribution is 2.20. The van der Waals surface area contributed by atoms with Gasteiger partial charge in [-0.3, -0.25) is 9.36 Å². The van der Waals surface area contributed by atoms with E-state index in [2.05, 4.69) is 15.0 Å². The summed E-state index contributed by atoms with van der Waals surface area (Å²) in [5.74, 6) is 0. The van der Waals surface area contributed by atoms with E-state index in [1.165, 1.54) is 6.33 Å². The van der Waals surface area contributed by atoms with Crippen molar-refractivity contribution >= 4 is 10.9 Å². The van der Waals surface area contributed by atoms with E-state index in [9.17, 15) is 4.79 Å². The summed E-state index contributed by atoms with van der Waals surface area (Å²) in [6.45, 7) is 0.501. The minimum atomic E-state index is -0.0532. The number of benzene rings is 2. The van der Waals surface area contributed by atoms with Crippen LogP contribution in [-0.4, -0.2) is 19.5 Å². The molecule has 0 aliphatic carbocycles. The quantitative estimate of drug-likeness (QED) is 0.583. The molecular formula is C19H14N4O. The first-order valence-corrected chi connectivity index (χ1v) is 7.60. The topological polar surface area (TPSA) is 60.7 Å². The van der Waals surface area contributed by atoms with Gasteiger partial charge >= 0.3 is 0 Å². The van der Waals surface area contributed by atoms with Gasteiger partial charge in [0.2, 0.25) is 0 Å². The third-order valence-electron chi connectivity index (χ3n) is 3.91. The minimum Gasteiger partial charge on any atom is -0.294 e. The molecule has 0 fully saturated rings. The fraction of sp³-hybridized carbons (Fsp3) is 0.0526. The van der Waals surface area contributed by atoms with Crippen LogP contribution in [0, 0.1) is 0 Å². The molecule has 24 heavy (non-hydrogen) atoms. The van der Waals surface area contributed by atoms with Crippen LogP contribution in [0.15, 0.2) is 78.4 Å². The molecule has 0 spiro atoms. The van der Waals surface area contributed by atoms with Crippen LogP contribution in [0.3, 0.4) is 0 Å². The Morgan fingerprint density at radius 3 is 2.50 bits per heavy atom. The zero-order chi connectivity index (χ0) is 16.4. The van der Waals surface area contributed by atoms with Crippen LogP contribution in [0.25, 0.3) is 22.0 Å². The summed E-state index contributed by atoms with van der Waals surface area (Å²) < 4.78 is 1.63. The minimum absolute atomic E-state index is 0.0532. The molecule has 0 unspecified atom stereocenters. The van der Waals surface area contributed by atoms with Gasteiger partial charge in [-0.05, 0) is 23.3 Å². The van der Waals surface area contributed by atoms with Crippen molar-refractivity contribution in [1.82, 2.24) is 19.5 Å². The molecule has 0 aliphatic heterocycles. The maximum absolute atomic E-state index is 12.8. The van der Waals surface area contributed by atoms with E-state index in [0.29, 0.717) is 17.4 Å². The van der Waals surface area contributed by atoms with E-state index < -0.39 is 0 Å². The van der Waals surface area contributed by atoms with Crippen molar-refractivity contribution < 1.29 is 0 Å². The van der Waals surface area contributed by atoms with Crippen molar-refractivity contribution in [3.8, 4) is 11.1 Å². The van der Waals surface area contributed by atoms with Crippen LogP contribution < -0.4 is 5.56 Å². The molecule has 0 aliphatic rings. The lowest BCUT2D eigenvalue weighted by atomic mass is 10.1. The SMILES string of the molecule is O=c1c2cc(-c3cncnc3)ccc2ncn1Cc1ccccc1. The van der Waals surface area contributed by atoms with Crippen LogP contribution >= 0.6 is 0 Å². The Morgan fingerprint density at radius 1 is 0.917 bits per heavy atom. The van der Waals surface area contributed by atoms with E-state index in [4.69, 9.17) is 0 Å². The third-order valence-corrected chi connectivity index (χ3v) is 3.91. The van der Waals surface area contributed by atoms with Crippen molar-refractivity contribution in [2.24, 2.45) is 0 Å². The summed E-state index contributed by atoms with van der Waals surface area (Å²) in [6, 6.07) is 15.5. The molecule has 4 aromatic rings. The van der Waals surface area contributed by atoms with Gasteiger partial charge in [0.05, 0.1) is 23.8 Å². The Morgan fingerprint density at radius 2 is 1.71 bits per heavy atom. The zero-order valence-electron chi connectivity index (χ0n) is 12.8. The molecule has 0 saturated carbocycles. The Balaban J connectivity index is 1.81.